The van der Waals surface area contributed by atoms with Crippen molar-refractivity contribution in [2.75, 3.05) is 23.7 Å². The lowest BCUT2D eigenvalue weighted by molar-refractivity contribution is -0.139. The number of hydrogen-bond acceptors (Lipinski definition) is 4. The van der Waals surface area contributed by atoms with Crippen molar-refractivity contribution in [3.05, 3.63) is 65.5 Å². The van der Waals surface area contributed by atoms with E-state index in [0.29, 0.717) is 12.2 Å². The van der Waals surface area contributed by atoms with E-state index < -0.39 is 40.2 Å². The van der Waals surface area contributed by atoms with Gasteiger partial charge in [0.1, 0.15) is 18.4 Å². The van der Waals surface area contributed by atoms with Crippen molar-refractivity contribution >= 4 is 27.5 Å². The third kappa shape index (κ3) is 7.56. The summed E-state index contributed by atoms with van der Waals surface area (Å²) in [4.78, 5) is 27.3. The molecule has 0 unspecified atom stereocenters. The van der Waals surface area contributed by atoms with Crippen LogP contribution in [0.4, 0.5) is 10.1 Å². The highest BCUT2D eigenvalue weighted by atomic mass is 32.2. The number of hydrogen-bond donors (Lipinski definition) is 1. The normalized spacial score (nSPS) is 12.3. The minimum absolute atomic E-state index is 0.173. The molecule has 0 fully saturated rings. The second-order valence-corrected chi connectivity index (χ2v) is 10.4. The highest BCUT2D eigenvalue weighted by Crippen LogP contribution is 2.20. The summed E-state index contributed by atoms with van der Waals surface area (Å²) in [6.45, 7) is 7.03. The molecule has 0 radical (unpaired) electrons. The van der Waals surface area contributed by atoms with Gasteiger partial charge in [0.05, 0.1) is 11.9 Å². The highest BCUT2D eigenvalue weighted by molar-refractivity contribution is 7.92. The first-order valence-electron chi connectivity index (χ1n) is 10.7. The molecule has 1 atom stereocenters. The van der Waals surface area contributed by atoms with Crippen molar-refractivity contribution in [2.45, 2.75) is 40.3 Å². The third-order valence-electron chi connectivity index (χ3n) is 5.15. The lowest BCUT2D eigenvalue weighted by Gasteiger charge is -2.31. The Morgan fingerprint density at radius 3 is 2.18 bits per heavy atom. The van der Waals surface area contributed by atoms with E-state index in [-0.39, 0.29) is 18.0 Å². The molecule has 0 bridgehead atoms. The Labute approximate surface area is 195 Å². The van der Waals surface area contributed by atoms with E-state index in [1.54, 1.807) is 37.3 Å². The summed E-state index contributed by atoms with van der Waals surface area (Å²) in [5, 5.41) is 2.78. The quantitative estimate of drug-likeness (QED) is 0.570. The number of carbonyl (C=O) groups is 2. The molecule has 7 nitrogen and oxygen atoms in total. The molecule has 2 aromatic rings. The van der Waals surface area contributed by atoms with Crippen LogP contribution in [0.1, 0.15) is 31.9 Å². The van der Waals surface area contributed by atoms with E-state index in [0.717, 1.165) is 16.1 Å². The second-order valence-electron chi connectivity index (χ2n) is 8.53. The Morgan fingerprint density at radius 1 is 1.03 bits per heavy atom. The molecule has 0 aliphatic carbocycles. The van der Waals surface area contributed by atoms with Crippen molar-refractivity contribution in [3.63, 3.8) is 0 Å². The molecule has 0 aliphatic rings. The molecular weight excluding hydrogens is 445 g/mol. The van der Waals surface area contributed by atoms with E-state index in [9.17, 15) is 22.4 Å². The Bertz CT molecular complexity index is 1070. The maximum absolute atomic E-state index is 14.3. The Kier molecular flexibility index (Phi) is 8.99. The number of nitrogens with zero attached hydrogens (tertiary/aromatic N) is 2. The summed E-state index contributed by atoms with van der Waals surface area (Å²) in [5.74, 6) is -1.31. The van der Waals surface area contributed by atoms with Crippen LogP contribution in [0.3, 0.4) is 0 Å². The van der Waals surface area contributed by atoms with E-state index in [1.807, 2.05) is 20.8 Å². The Balaban J connectivity index is 2.36. The SMILES string of the molecule is Cc1ccc(N(CC(=O)N(Cc2ccccc2F)[C@@H](C)C(=O)NCC(C)C)S(C)(=O)=O)cc1. The van der Waals surface area contributed by atoms with Gasteiger partial charge in [-0.1, -0.05) is 49.7 Å². The van der Waals surface area contributed by atoms with Crippen molar-refractivity contribution in [1.82, 2.24) is 10.2 Å². The number of anilines is 1. The highest BCUT2D eigenvalue weighted by Gasteiger charge is 2.30. The fourth-order valence-corrected chi connectivity index (χ4v) is 4.02. The zero-order valence-electron chi connectivity index (χ0n) is 19.7. The molecule has 0 heterocycles. The van der Waals surface area contributed by atoms with Crippen molar-refractivity contribution in [2.24, 2.45) is 5.92 Å². The van der Waals surface area contributed by atoms with Crippen LogP contribution in [-0.4, -0.2) is 50.5 Å². The number of aryl methyl sites for hydroxylation is 1. The maximum Gasteiger partial charge on any atom is 0.244 e. The minimum atomic E-state index is -3.80. The average molecular weight is 478 g/mol. The first-order chi connectivity index (χ1) is 15.4. The van der Waals surface area contributed by atoms with Gasteiger partial charge in [-0.05, 0) is 38.0 Å². The van der Waals surface area contributed by atoms with Crippen LogP contribution in [0.25, 0.3) is 0 Å². The Hall–Kier alpha value is -2.94. The minimum Gasteiger partial charge on any atom is -0.354 e. The monoisotopic (exact) mass is 477 g/mol. The van der Waals surface area contributed by atoms with Crippen LogP contribution in [0.2, 0.25) is 0 Å². The lowest BCUT2D eigenvalue weighted by Crippen LogP contribution is -2.51. The summed E-state index contributed by atoms with van der Waals surface area (Å²) in [5.41, 5.74) is 1.50. The molecule has 0 aliphatic heterocycles. The van der Waals surface area contributed by atoms with Crippen LogP contribution in [-0.2, 0) is 26.2 Å². The predicted octanol–water partition coefficient (Wildman–Crippen LogP) is 3.09. The number of sulfonamides is 1. The third-order valence-corrected chi connectivity index (χ3v) is 6.29. The standard InChI is InChI=1S/C24H32FN3O4S/c1-17(2)14-26-24(30)19(4)27(15-20-8-6-7-9-22(20)25)23(29)16-28(33(5,31)32)21-12-10-18(3)11-13-21/h6-13,17,19H,14-16H2,1-5H3,(H,26,30)/t19-/m0/s1. The largest absolute Gasteiger partial charge is 0.354 e. The van der Waals surface area contributed by atoms with Gasteiger partial charge < -0.3 is 10.2 Å². The summed E-state index contributed by atoms with van der Waals surface area (Å²) in [6.07, 6.45) is 1.01. The van der Waals surface area contributed by atoms with Gasteiger partial charge in [0.15, 0.2) is 0 Å². The zero-order valence-corrected chi connectivity index (χ0v) is 20.5. The summed E-state index contributed by atoms with van der Waals surface area (Å²) >= 11 is 0. The molecule has 2 aromatic carbocycles. The first kappa shape index (κ1) is 26.3. The molecule has 1 N–H and O–H groups in total. The molecule has 0 spiro atoms. The molecule has 180 valence electrons. The smallest absolute Gasteiger partial charge is 0.244 e. The van der Waals surface area contributed by atoms with Gasteiger partial charge in [-0.15, -0.1) is 0 Å². The summed E-state index contributed by atoms with van der Waals surface area (Å²) < 4.78 is 40.3. The molecular formula is C24H32FN3O4S. The molecule has 9 heteroatoms. The van der Waals surface area contributed by atoms with E-state index in [2.05, 4.69) is 5.32 Å². The van der Waals surface area contributed by atoms with Gasteiger partial charge in [0.2, 0.25) is 21.8 Å². The van der Waals surface area contributed by atoms with Crippen LogP contribution in [0, 0.1) is 18.7 Å². The number of halogens is 1. The maximum atomic E-state index is 14.3. The molecule has 0 aromatic heterocycles. The zero-order chi connectivity index (χ0) is 24.8. The lowest BCUT2D eigenvalue weighted by atomic mass is 10.1. The van der Waals surface area contributed by atoms with Gasteiger partial charge >= 0.3 is 0 Å². The first-order valence-corrected chi connectivity index (χ1v) is 12.6. The van der Waals surface area contributed by atoms with Gasteiger partial charge in [0.25, 0.3) is 0 Å². The summed E-state index contributed by atoms with van der Waals surface area (Å²) in [6, 6.07) is 11.8. The van der Waals surface area contributed by atoms with Gasteiger partial charge in [0, 0.05) is 18.7 Å². The van der Waals surface area contributed by atoms with Crippen LogP contribution in [0.15, 0.2) is 48.5 Å². The molecule has 0 saturated heterocycles. The number of carbonyl (C=O) groups excluding carboxylic acids is 2. The number of benzene rings is 2. The fourth-order valence-electron chi connectivity index (χ4n) is 3.17. The summed E-state index contributed by atoms with van der Waals surface area (Å²) in [7, 11) is -3.80. The molecule has 2 amide bonds. The van der Waals surface area contributed by atoms with Gasteiger partial charge in [-0.2, -0.15) is 0 Å². The van der Waals surface area contributed by atoms with Crippen molar-refractivity contribution in [1.29, 1.82) is 0 Å². The van der Waals surface area contributed by atoms with Crippen molar-refractivity contribution in [3.8, 4) is 0 Å². The number of rotatable bonds is 10. The predicted molar refractivity (Wildman–Crippen MR) is 128 cm³/mol. The van der Waals surface area contributed by atoms with Crippen molar-refractivity contribution < 1.29 is 22.4 Å². The van der Waals surface area contributed by atoms with E-state index >= 15 is 0 Å². The molecule has 0 saturated carbocycles. The second kappa shape index (κ2) is 11.3. The molecule has 2 rings (SSSR count). The number of nitrogens with one attached hydrogen (secondary N) is 1. The van der Waals surface area contributed by atoms with E-state index in [4.69, 9.17) is 0 Å². The fraction of sp³-hybridized carbons (Fsp3) is 0.417. The molecule has 33 heavy (non-hydrogen) atoms. The Morgan fingerprint density at radius 2 is 1.64 bits per heavy atom. The van der Waals surface area contributed by atoms with Crippen LogP contribution in [0.5, 0.6) is 0 Å². The average Bonchev–Trinajstić information content (AvgIpc) is 2.74. The van der Waals surface area contributed by atoms with Gasteiger partial charge in [-0.25, -0.2) is 12.8 Å². The van der Waals surface area contributed by atoms with Crippen LogP contribution < -0.4 is 9.62 Å². The number of amides is 2. The topological polar surface area (TPSA) is 86.8 Å². The van der Waals surface area contributed by atoms with Crippen LogP contribution >= 0.6 is 0 Å². The van der Waals surface area contributed by atoms with E-state index in [1.165, 1.54) is 23.1 Å². The van der Waals surface area contributed by atoms with Gasteiger partial charge in [-0.3, -0.25) is 13.9 Å².